The van der Waals surface area contributed by atoms with Crippen molar-refractivity contribution in [2.24, 2.45) is 0 Å². The molecule has 1 aliphatic rings. The van der Waals surface area contributed by atoms with Crippen molar-refractivity contribution in [2.45, 2.75) is 25.6 Å². The zero-order chi connectivity index (χ0) is 17.6. The van der Waals surface area contributed by atoms with Gasteiger partial charge in [0.15, 0.2) is 5.69 Å². The molecule has 1 saturated heterocycles. The fourth-order valence-corrected chi connectivity index (χ4v) is 2.77. The van der Waals surface area contributed by atoms with Crippen LogP contribution in [0.4, 0.5) is 0 Å². The number of hydrogen-bond donors (Lipinski definition) is 1. The van der Waals surface area contributed by atoms with E-state index in [1.807, 2.05) is 24.3 Å². The molecule has 0 radical (unpaired) electrons. The van der Waals surface area contributed by atoms with Crippen LogP contribution in [0.2, 0.25) is 0 Å². The van der Waals surface area contributed by atoms with Gasteiger partial charge in [0, 0.05) is 20.3 Å². The van der Waals surface area contributed by atoms with Crippen LogP contribution in [0.3, 0.4) is 0 Å². The Morgan fingerprint density at radius 2 is 2.16 bits per heavy atom. The number of aromatic nitrogens is 3. The second-order valence-corrected chi connectivity index (χ2v) is 5.77. The van der Waals surface area contributed by atoms with Gasteiger partial charge in [-0.2, -0.15) is 0 Å². The highest BCUT2D eigenvalue weighted by Gasteiger charge is 2.22. The lowest BCUT2D eigenvalue weighted by Crippen LogP contribution is -2.32. The van der Waals surface area contributed by atoms with E-state index in [1.54, 1.807) is 18.9 Å². The maximum Gasteiger partial charge on any atom is 0.273 e. The summed E-state index contributed by atoms with van der Waals surface area (Å²) in [6.07, 6.45) is 2.07. The smallest absolute Gasteiger partial charge is 0.273 e. The molecule has 2 aromatic rings. The molecule has 3 rings (SSSR count). The standard InChI is InChI=1S/C17H22N4O4/c1-23-11-15-16(17(22)18-10-14-4-3-9-25-14)19-20-21(15)12-5-7-13(24-2)8-6-12/h5-8,14H,3-4,9-11H2,1-2H3,(H,18,22). The predicted molar refractivity (Wildman–Crippen MR) is 89.9 cm³/mol. The van der Waals surface area contributed by atoms with Gasteiger partial charge < -0.3 is 19.5 Å². The quantitative estimate of drug-likeness (QED) is 0.814. The van der Waals surface area contributed by atoms with Crippen molar-refractivity contribution < 1.29 is 19.0 Å². The van der Waals surface area contributed by atoms with Gasteiger partial charge in [-0.25, -0.2) is 4.68 Å². The van der Waals surface area contributed by atoms with Gasteiger partial charge in [-0.3, -0.25) is 4.79 Å². The fraction of sp³-hybridized carbons (Fsp3) is 0.471. The molecule has 8 nitrogen and oxygen atoms in total. The Balaban J connectivity index is 1.79. The van der Waals surface area contributed by atoms with Crippen LogP contribution in [-0.4, -0.2) is 54.4 Å². The molecule has 1 atom stereocenters. The molecule has 2 heterocycles. The van der Waals surface area contributed by atoms with Crippen LogP contribution in [0.15, 0.2) is 24.3 Å². The lowest BCUT2D eigenvalue weighted by molar-refractivity contribution is 0.0849. The number of ether oxygens (including phenoxy) is 3. The average molecular weight is 346 g/mol. The summed E-state index contributed by atoms with van der Waals surface area (Å²) in [5.41, 5.74) is 1.63. The average Bonchev–Trinajstić information content (AvgIpc) is 3.30. The number of rotatable bonds is 7. The van der Waals surface area contributed by atoms with Crippen LogP contribution >= 0.6 is 0 Å². The van der Waals surface area contributed by atoms with Crippen molar-refractivity contribution in [3.8, 4) is 11.4 Å². The minimum Gasteiger partial charge on any atom is -0.497 e. The molecule has 1 N–H and O–H groups in total. The van der Waals surface area contributed by atoms with Gasteiger partial charge in [0.2, 0.25) is 0 Å². The number of methoxy groups -OCH3 is 2. The van der Waals surface area contributed by atoms with Crippen LogP contribution in [0.25, 0.3) is 5.69 Å². The fourth-order valence-electron chi connectivity index (χ4n) is 2.77. The molecule has 0 bridgehead atoms. The van der Waals surface area contributed by atoms with Gasteiger partial charge in [-0.05, 0) is 37.1 Å². The molecule has 0 saturated carbocycles. The summed E-state index contributed by atoms with van der Waals surface area (Å²) < 4.78 is 17.5. The van der Waals surface area contributed by atoms with Crippen LogP contribution in [-0.2, 0) is 16.1 Å². The summed E-state index contributed by atoms with van der Waals surface area (Å²) in [7, 11) is 3.18. The first-order valence-electron chi connectivity index (χ1n) is 8.20. The van der Waals surface area contributed by atoms with Crippen LogP contribution < -0.4 is 10.1 Å². The molecular formula is C17H22N4O4. The number of nitrogens with zero attached hydrogens (tertiary/aromatic N) is 3. The summed E-state index contributed by atoms with van der Waals surface area (Å²) in [6.45, 7) is 1.45. The molecule has 0 spiro atoms. The molecular weight excluding hydrogens is 324 g/mol. The number of amides is 1. The third kappa shape index (κ3) is 3.97. The molecule has 1 aromatic carbocycles. The van der Waals surface area contributed by atoms with Gasteiger partial charge in [0.05, 0.1) is 25.5 Å². The van der Waals surface area contributed by atoms with E-state index in [0.29, 0.717) is 12.2 Å². The topological polar surface area (TPSA) is 87.5 Å². The molecule has 1 fully saturated rings. The van der Waals surface area contributed by atoms with Crippen molar-refractivity contribution in [1.82, 2.24) is 20.3 Å². The van der Waals surface area contributed by atoms with Gasteiger partial charge >= 0.3 is 0 Å². The maximum absolute atomic E-state index is 12.5. The Morgan fingerprint density at radius 1 is 1.36 bits per heavy atom. The second-order valence-electron chi connectivity index (χ2n) is 5.77. The Labute approximate surface area is 146 Å². The van der Waals surface area contributed by atoms with Crippen molar-refractivity contribution in [2.75, 3.05) is 27.4 Å². The molecule has 1 amide bonds. The Kier molecular flexibility index (Phi) is 5.62. The number of benzene rings is 1. The van der Waals surface area contributed by atoms with Crippen LogP contribution in [0.5, 0.6) is 5.75 Å². The summed E-state index contributed by atoms with van der Waals surface area (Å²) in [4.78, 5) is 12.5. The molecule has 8 heteroatoms. The van der Waals surface area contributed by atoms with Gasteiger partial charge in [-0.1, -0.05) is 5.21 Å². The molecule has 1 aliphatic heterocycles. The number of nitrogens with one attached hydrogen (secondary N) is 1. The number of carbonyl (C=O) groups is 1. The molecule has 1 unspecified atom stereocenters. The van der Waals surface area contributed by atoms with E-state index >= 15 is 0 Å². The third-order valence-electron chi connectivity index (χ3n) is 4.09. The summed E-state index contributed by atoms with van der Waals surface area (Å²) >= 11 is 0. The van der Waals surface area contributed by atoms with Gasteiger partial charge in [0.1, 0.15) is 11.4 Å². The van der Waals surface area contributed by atoms with E-state index in [1.165, 1.54) is 0 Å². The first-order valence-corrected chi connectivity index (χ1v) is 8.20. The first-order chi connectivity index (χ1) is 12.2. The summed E-state index contributed by atoms with van der Waals surface area (Å²) in [5, 5.41) is 11.0. The monoisotopic (exact) mass is 346 g/mol. The Hall–Kier alpha value is -2.45. The number of carbonyl (C=O) groups excluding carboxylic acids is 1. The van der Waals surface area contributed by atoms with E-state index in [-0.39, 0.29) is 24.3 Å². The van der Waals surface area contributed by atoms with Crippen LogP contribution in [0.1, 0.15) is 29.0 Å². The van der Waals surface area contributed by atoms with E-state index in [9.17, 15) is 4.79 Å². The zero-order valence-electron chi connectivity index (χ0n) is 14.4. The van der Waals surface area contributed by atoms with Crippen molar-refractivity contribution in [3.05, 3.63) is 35.7 Å². The van der Waals surface area contributed by atoms with E-state index < -0.39 is 0 Å². The van der Waals surface area contributed by atoms with E-state index in [4.69, 9.17) is 14.2 Å². The van der Waals surface area contributed by atoms with Crippen molar-refractivity contribution >= 4 is 5.91 Å². The highest BCUT2D eigenvalue weighted by molar-refractivity contribution is 5.93. The minimum atomic E-state index is -0.276. The SMILES string of the molecule is COCc1c(C(=O)NCC2CCCO2)nnn1-c1ccc(OC)cc1. The first kappa shape index (κ1) is 17.4. The lowest BCUT2D eigenvalue weighted by Gasteiger charge is -2.11. The van der Waals surface area contributed by atoms with Crippen LogP contribution in [0, 0.1) is 0 Å². The largest absolute Gasteiger partial charge is 0.497 e. The highest BCUT2D eigenvalue weighted by atomic mass is 16.5. The third-order valence-corrected chi connectivity index (χ3v) is 4.09. The summed E-state index contributed by atoms with van der Waals surface area (Å²) in [6, 6.07) is 7.34. The minimum absolute atomic E-state index is 0.0754. The number of hydrogen-bond acceptors (Lipinski definition) is 6. The van der Waals surface area contributed by atoms with Crippen molar-refractivity contribution in [3.63, 3.8) is 0 Å². The maximum atomic E-state index is 12.5. The zero-order valence-corrected chi connectivity index (χ0v) is 14.4. The molecule has 0 aliphatic carbocycles. The van der Waals surface area contributed by atoms with E-state index in [2.05, 4.69) is 15.6 Å². The predicted octanol–water partition coefficient (Wildman–Crippen LogP) is 1.33. The van der Waals surface area contributed by atoms with Crippen molar-refractivity contribution in [1.29, 1.82) is 0 Å². The molecule has 134 valence electrons. The van der Waals surface area contributed by atoms with Gasteiger partial charge in [-0.15, -0.1) is 5.10 Å². The molecule has 1 aromatic heterocycles. The molecule has 25 heavy (non-hydrogen) atoms. The second kappa shape index (κ2) is 8.09. The Morgan fingerprint density at radius 3 is 2.80 bits per heavy atom. The highest BCUT2D eigenvalue weighted by Crippen LogP contribution is 2.18. The summed E-state index contributed by atoms with van der Waals surface area (Å²) in [5.74, 6) is 0.467. The van der Waals surface area contributed by atoms with E-state index in [0.717, 1.165) is 30.9 Å². The van der Waals surface area contributed by atoms with Gasteiger partial charge in [0.25, 0.3) is 5.91 Å². The normalized spacial score (nSPS) is 16.8. The Bertz CT molecular complexity index is 708. The lowest BCUT2D eigenvalue weighted by atomic mass is 10.2.